The van der Waals surface area contributed by atoms with Crippen LogP contribution in [0.5, 0.6) is 0 Å². The fraction of sp³-hybridized carbons (Fsp3) is 0.333. The second kappa shape index (κ2) is 8.76. The smallest absolute Gasteiger partial charge is 0.330 e. The first-order valence-corrected chi connectivity index (χ1v) is 6.28. The Kier molecular flexibility index (Phi) is 6.81. The Balaban J connectivity index is 2.61. The number of benzene rings is 1. The van der Waals surface area contributed by atoms with Crippen LogP contribution in [-0.2, 0) is 9.53 Å². The van der Waals surface area contributed by atoms with Crippen LogP contribution in [0.15, 0.2) is 42.5 Å². The third kappa shape index (κ3) is 5.73. The Labute approximate surface area is 113 Å². The normalized spacial score (nSPS) is 10.1. The van der Waals surface area contributed by atoms with Gasteiger partial charge in [-0.25, -0.2) is 4.79 Å². The molecule has 0 aromatic heterocycles. The largest absolute Gasteiger partial charge is 0.463 e. The number of esters is 1. The van der Waals surface area contributed by atoms with Crippen molar-refractivity contribution in [3.8, 4) is 6.07 Å². The van der Waals surface area contributed by atoms with Crippen molar-refractivity contribution in [3.05, 3.63) is 42.5 Å². The third-order valence-corrected chi connectivity index (χ3v) is 2.48. The van der Waals surface area contributed by atoms with E-state index in [0.29, 0.717) is 26.1 Å². The van der Waals surface area contributed by atoms with Gasteiger partial charge >= 0.3 is 5.97 Å². The van der Waals surface area contributed by atoms with Gasteiger partial charge in [0.25, 0.3) is 0 Å². The number of nitriles is 1. The van der Waals surface area contributed by atoms with Crippen molar-refractivity contribution < 1.29 is 9.53 Å². The standard InChI is InChI=1S/C15H18N2O2/c1-2-19-15(18)10-6-12-17(13-7-11-16)14-8-4-3-5-9-14/h3-6,8-10H,2,7,12-13H2,1H3/b10-6+. The van der Waals surface area contributed by atoms with Crippen LogP contribution in [-0.4, -0.2) is 25.7 Å². The number of para-hydroxylation sites is 1. The van der Waals surface area contributed by atoms with Crippen LogP contribution in [0.1, 0.15) is 13.3 Å². The maximum atomic E-state index is 11.2. The van der Waals surface area contributed by atoms with Gasteiger partial charge in [-0.1, -0.05) is 24.3 Å². The van der Waals surface area contributed by atoms with Crippen molar-refractivity contribution in [1.82, 2.24) is 0 Å². The predicted molar refractivity (Wildman–Crippen MR) is 74.7 cm³/mol. The van der Waals surface area contributed by atoms with Crippen molar-refractivity contribution in [2.75, 3.05) is 24.6 Å². The Morgan fingerprint density at radius 1 is 1.42 bits per heavy atom. The van der Waals surface area contributed by atoms with Crippen molar-refractivity contribution in [2.24, 2.45) is 0 Å². The molecule has 100 valence electrons. The molecule has 0 bridgehead atoms. The molecule has 4 heteroatoms. The molecular weight excluding hydrogens is 240 g/mol. The Morgan fingerprint density at radius 2 is 2.16 bits per heavy atom. The summed E-state index contributed by atoms with van der Waals surface area (Å²) in [5.41, 5.74) is 1.03. The molecule has 0 aliphatic heterocycles. The summed E-state index contributed by atoms with van der Waals surface area (Å²) in [5, 5.41) is 8.68. The zero-order chi connectivity index (χ0) is 13.9. The van der Waals surface area contributed by atoms with Gasteiger partial charge in [-0.3, -0.25) is 0 Å². The predicted octanol–water partition coefficient (Wildman–Crippen LogP) is 2.53. The first-order valence-electron chi connectivity index (χ1n) is 6.28. The van der Waals surface area contributed by atoms with Gasteiger partial charge in [0.05, 0.1) is 19.1 Å². The molecule has 0 radical (unpaired) electrons. The van der Waals surface area contributed by atoms with Gasteiger partial charge in [0.15, 0.2) is 0 Å². The molecule has 0 saturated heterocycles. The van der Waals surface area contributed by atoms with E-state index < -0.39 is 0 Å². The first kappa shape index (κ1) is 14.8. The molecule has 0 amide bonds. The van der Waals surface area contributed by atoms with E-state index in [-0.39, 0.29) is 5.97 Å². The van der Waals surface area contributed by atoms with E-state index in [2.05, 4.69) is 6.07 Å². The topological polar surface area (TPSA) is 53.3 Å². The van der Waals surface area contributed by atoms with Crippen LogP contribution in [0.4, 0.5) is 5.69 Å². The minimum Gasteiger partial charge on any atom is -0.463 e. The zero-order valence-electron chi connectivity index (χ0n) is 11.1. The van der Waals surface area contributed by atoms with Crippen molar-refractivity contribution in [3.63, 3.8) is 0 Å². The highest BCUT2D eigenvalue weighted by Gasteiger charge is 2.03. The fourth-order valence-corrected chi connectivity index (χ4v) is 1.62. The average molecular weight is 258 g/mol. The van der Waals surface area contributed by atoms with E-state index in [1.807, 2.05) is 35.2 Å². The zero-order valence-corrected chi connectivity index (χ0v) is 11.1. The highest BCUT2D eigenvalue weighted by atomic mass is 16.5. The SMILES string of the molecule is CCOC(=O)/C=C/CN(CCC#N)c1ccccc1. The van der Waals surface area contributed by atoms with Crippen molar-refractivity contribution in [2.45, 2.75) is 13.3 Å². The van der Waals surface area contributed by atoms with Gasteiger partial charge < -0.3 is 9.64 Å². The second-order valence-electron chi connectivity index (χ2n) is 3.84. The molecule has 0 aliphatic carbocycles. The van der Waals surface area contributed by atoms with Gasteiger partial charge in [-0.15, -0.1) is 0 Å². The summed E-state index contributed by atoms with van der Waals surface area (Å²) >= 11 is 0. The molecule has 0 atom stereocenters. The summed E-state index contributed by atoms with van der Waals surface area (Å²) in [7, 11) is 0. The highest BCUT2D eigenvalue weighted by Crippen LogP contribution is 2.13. The van der Waals surface area contributed by atoms with Crippen LogP contribution in [0, 0.1) is 11.3 Å². The number of rotatable bonds is 7. The second-order valence-corrected chi connectivity index (χ2v) is 3.84. The van der Waals surface area contributed by atoms with E-state index in [4.69, 9.17) is 10.00 Å². The summed E-state index contributed by atoms with van der Waals surface area (Å²) in [5.74, 6) is -0.337. The van der Waals surface area contributed by atoms with E-state index in [0.717, 1.165) is 5.69 Å². The number of carbonyl (C=O) groups excluding carboxylic acids is 1. The molecule has 0 aliphatic rings. The van der Waals surface area contributed by atoms with Crippen molar-refractivity contribution in [1.29, 1.82) is 5.26 Å². The fourth-order valence-electron chi connectivity index (χ4n) is 1.62. The highest BCUT2D eigenvalue weighted by molar-refractivity contribution is 5.81. The van der Waals surface area contributed by atoms with Crippen LogP contribution in [0.3, 0.4) is 0 Å². The molecule has 0 unspecified atom stereocenters. The number of ether oxygens (including phenoxy) is 1. The molecular formula is C15H18N2O2. The maximum Gasteiger partial charge on any atom is 0.330 e. The number of anilines is 1. The van der Waals surface area contributed by atoms with E-state index >= 15 is 0 Å². The number of carbonyl (C=O) groups is 1. The molecule has 4 nitrogen and oxygen atoms in total. The van der Waals surface area contributed by atoms with E-state index in [1.54, 1.807) is 13.0 Å². The summed E-state index contributed by atoms with van der Waals surface area (Å²) in [6.45, 7) is 3.35. The summed E-state index contributed by atoms with van der Waals surface area (Å²) in [6.07, 6.45) is 3.62. The Morgan fingerprint density at radius 3 is 2.79 bits per heavy atom. The van der Waals surface area contributed by atoms with Crippen LogP contribution in [0.2, 0.25) is 0 Å². The van der Waals surface area contributed by atoms with Crippen LogP contribution < -0.4 is 4.90 Å². The lowest BCUT2D eigenvalue weighted by atomic mass is 10.2. The summed E-state index contributed by atoms with van der Waals surface area (Å²) in [6, 6.07) is 11.9. The first-order chi connectivity index (χ1) is 9.27. The minimum absolute atomic E-state index is 0.337. The monoisotopic (exact) mass is 258 g/mol. The van der Waals surface area contributed by atoms with Gasteiger partial charge in [0, 0.05) is 24.9 Å². The average Bonchev–Trinajstić information content (AvgIpc) is 2.44. The maximum absolute atomic E-state index is 11.2. The molecule has 1 aromatic carbocycles. The van der Waals surface area contributed by atoms with Gasteiger partial charge in [0.1, 0.15) is 0 Å². The van der Waals surface area contributed by atoms with Gasteiger partial charge in [0.2, 0.25) is 0 Å². The molecule has 1 rings (SSSR count). The lowest BCUT2D eigenvalue weighted by molar-refractivity contribution is -0.137. The quantitative estimate of drug-likeness (QED) is 0.557. The third-order valence-electron chi connectivity index (χ3n) is 2.48. The molecule has 0 saturated carbocycles. The number of hydrogen-bond acceptors (Lipinski definition) is 4. The van der Waals surface area contributed by atoms with Crippen LogP contribution >= 0.6 is 0 Å². The molecule has 1 aromatic rings. The Hall–Kier alpha value is -2.28. The van der Waals surface area contributed by atoms with E-state index in [1.165, 1.54) is 6.08 Å². The molecule has 0 fully saturated rings. The summed E-state index contributed by atoms with van der Waals surface area (Å²) in [4.78, 5) is 13.2. The lowest BCUT2D eigenvalue weighted by Gasteiger charge is -2.21. The molecule has 0 N–H and O–H groups in total. The Bertz CT molecular complexity index is 449. The van der Waals surface area contributed by atoms with Crippen molar-refractivity contribution >= 4 is 11.7 Å². The van der Waals surface area contributed by atoms with Gasteiger partial charge in [-0.2, -0.15) is 5.26 Å². The lowest BCUT2D eigenvalue weighted by Crippen LogP contribution is -2.24. The molecule has 19 heavy (non-hydrogen) atoms. The molecule has 0 heterocycles. The van der Waals surface area contributed by atoms with Crippen LogP contribution in [0.25, 0.3) is 0 Å². The number of hydrogen-bond donors (Lipinski definition) is 0. The van der Waals surface area contributed by atoms with Gasteiger partial charge in [-0.05, 0) is 19.1 Å². The van der Waals surface area contributed by atoms with E-state index in [9.17, 15) is 4.79 Å². The minimum atomic E-state index is -0.337. The molecule has 0 spiro atoms. The summed E-state index contributed by atoms with van der Waals surface area (Å²) < 4.78 is 4.81. The number of nitrogens with zero attached hydrogens (tertiary/aromatic N) is 2.